The normalized spacial score (nSPS) is 11.7. The van der Waals surface area contributed by atoms with Gasteiger partial charge in [-0.3, -0.25) is 4.79 Å². The van der Waals surface area contributed by atoms with Crippen LogP contribution in [0.3, 0.4) is 0 Å². The van der Waals surface area contributed by atoms with Gasteiger partial charge >= 0.3 is 0 Å². The molecule has 2 aromatic carbocycles. The van der Waals surface area contributed by atoms with Gasteiger partial charge in [0.2, 0.25) is 10.0 Å². The van der Waals surface area contributed by atoms with E-state index >= 15 is 0 Å². The number of nitrogens with one attached hydrogen (secondary N) is 1. The molecule has 0 unspecified atom stereocenters. The monoisotopic (exact) mass is 408 g/mol. The second-order valence-electron chi connectivity index (χ2n) is 5.92. The number of ether oxygens (including phenoxy) is 1. The fourth-order valence-electron chi connectivity index (χ4n) is 2.79. The molecule has 0 radical (unpaired) electrons. The SMILES string of the molecule is COCc1c(C(=O)Nc2cccc(CS(N)(=O)=O)c2)sc2cccc(F)c12. The summed E-state index contributed by atoms with van der Waals surface area (Å²) >= 11 is 1.17. The van der Waals surface area contributed by atoms with Crippen LogP contribution in [0, 0.1) is 5.82 Å². The highest BCUT2D eigenvalue weighted by atomic mass is 32.2. The van der Waals surface area contributed by atoms with Crippen LogP contribution in [0.25, 0.3) is 10.1 Å². The Hall–Kier alpha value is -2.33. The number of hydrogen-bond acceptors (Lipinski definition) is 5. The highest BCUT2D eigenvalue weighted by Gasteiger charge is 2.21. The smallest absolute Gasteiger partial charge is 0.266 e. The van der Waals surface area contributed by atoms with Crippen molar-refractivity contribution >= 4 is 43.0 Å². The fourth-order valence-corrected chi connectivity index (χ4v) is 4.55. The average Bonchev–Trinajstić information content (AvgIpc) is 2.94. The Kier molecular flexibility index (Phi) is 5.56. The average molecular weight is 408 g/mol. The second-order valence-corrected chi connectivity index (χ2v) is 8.58. The molecule has 1 heterocycles. The van der Waals surface area contributed by atoms with E-state index in [1.165, 1.54) is 30.6 Å². The minimum absolute atomic E-state index is 0.0924. The van der Waals surface area contributed by atoms with Gasteiger partial charge in [-0.05, 0) is 29.8 Å². The first-order valence-electron chi connectivity index (χ1n) is 7.88. The van der Waals surface area contributed by atoms with Crippen LogP contribution in [0.2, 0.25) is 0 Å². The molecule has 27 heavy (non-hydrogen) atoms. The lowest BCUT2D eigenvalue weighted by atomic mass is 10.1. The topological polar surface area (TPSA) is 98.5 Å². The molecule has 142 valence electrons. The summed E-state index contributed by atoms with van der Waals surface area (Å²) < 4.78 is 42.5. The summed E-state index contributed by atoms with van der Waals surface area (Å²) in [5.41, 5.74) is 1.35. The molecule has 0 aliphatic rings. The lowest BCUT2D eigenvalue weighted by molar-refractivity contribution is 0.102. The molecule has 0 spiro atoms. The second kappa shape index (κ2) is 7.73. The number of amides is 1. The highest BCUT2D eigenvalue weighted by molar-refractivity contribution is 7.88. The quantitative estimate of drug-likeness (QED) is 0.654. The van der Waals surface area contributed by atoms with E-state index in [0.29, 0.717) is 31.8 Å². The van der Waals surface area contributed by atoms with Crippen LogP contribution < -0.4 is 10.5 Å². The van der Waals surface area contributed by atoms with Gasteiger partial charge in [-0.2, -0.15) is 0 Å². The third kappa shape index (κ3) is 4.51. The number of carbonyl (C=O) groups excluding carboxylic acids is 1. The Balaban J connectivity index is 1.94. The summed E-state index contributed by atoms with van der Waals surface area (Å²) in [6.07, 6.45) is 0. The Morgan fingerprint density at radius 1 is 1.26 bits per heavy atom. The summed E-state index contributed by atoms with van der Waals surface area (Å²) in [6, 6.07) is 11.1. The van der Waals surface area contributed by atoms with E-state index in [4.69, 9.17) is 9.88 Å². The number of halogens is 1. The van der Waals surface area contributed by atoms with Gasteiger partial charge in [0.1, 0.15) is 5.82 Å². The molecule has 0 aliphatic carbocycles. The summed E-state index contributed by atoms with van der Waals surface area (Å²) in [5, 5.41) is 8.15. The summed E-state index contributed by atoms with van der Waals surface area (Å²) in [5.74, 6) is -1.17. The van der Waals surface area contributed by atoms with E-state index in [9.17, 15) is 17.6 Å². The van der Waals surface area contributed by atoms with Crippen molar-refractivity contribution in [1.82, 2.24) is 0 Å². The number of sulfonamides is 1. The molecular formula is C18H17FN2O4S2. The van der Waals surface area contributed by atoms with E-state index in [1.54, 1.807) is 30.3 Å². The van der Waals surface area contributed by atoms with Crippen LogP contribution in [-0.4, -0.2) is 21.4 Å². The van der Waals surface area contributed by atoms with Crippen molar-refractivity contribution in [1.29, 1.82) is 0 Å². The van der Waals surface area contributed by atoms with Gasteiger partial charge in [-0.15, -0.1) is 11.3 Å². The number of carbonyl (C=O) groups is 1. The minimum atomic E-state index is -3.68. The molecule has 0 saturated heterocycles. The molecule has 0 atom stereocenters. The van der Waals surface area contributed by atoms with Crippen molar-refractivity contribution in [3.05, 3.63) is 64.3 Å². The summed E-state index contributed by atoms with van der Waals surface area (Å²) in [4.78, 5) is 13.1. The number of nitrogens with two attached hydrogens (primary N) is 1. The molecule has 3 N–H and O–H groups in total. The Labute approximate surface area is 159 Å². The Morgan fingerprint density at radius 3 is 2.70 bits per heavy atom. The maximum atomic E-state index is 14.2. The zero-order valence-corrected chi connectivity index (χ0v) is 16.0. The largest absolute Gasteiger partial charge is 0.380 e. The zero-order chi connectivity index (χ0) is 19.6. The van der Waals surface area contributed by atoms with Crippen LogP contribution in [-0.2, 0) is 27.1 Å². The van der Waals surface area contributed by atoms with Crippen molar-refractivity contribution in [3.63, 3.8) is 0 Å². The van der Waals surface area contributed by atoms with Crippen molar-refractivity contribution < 1.29 is 22.3 Å². The van der Waals surface area contributed by atoms with Crippen molar-refractivity contribution in [3.8, 4) is 0 Å². The number of thiophene rings is 1. The maximum Gasteiger partial charge on any atom is 0.266 e. The van der Waals surface area contributed by atoms with E-state index in [2.05, 4.69) is 5.32 Å². The third-order valence-electron chi connectivity index (χ3n) is 3.81. The van der Waals surface area contributed by atoms with E-state index < -0.39 is 21.7 Å². The lowest BCUT2D eigenvalue weighted by Gasteiger charge is -2.08. The number of fused-ring (bicyclic) bond motifs is 1. The highest BCUT2D eigenvalue weighted by Crippen LogP contribution is 2.34. The fraction of sp³-hybridized carbons (Fsp3) is 0.167. The number of rotatable bonds is 6. The molecule has 0 fully saturated rings. The van der Waals surface area contributed by atoms with Gasteiger partial charge in [0, 0.05) is 28.4 Å². The number of anilines is 1. The predicted molar refractivity (Wildman–Crippen MR) is 104 cm³/mol. The summed E-state index contributed by atoms with van der Waals surface area (Å²) in [7, 11) is -2.20. The molecule has 0 aliphatic heterocycles. The van der Waals surface area contributed by atoms with Gasteiger partial charge < -0.3 is 10.1 Å². The van der Waals surface area contributed by atoms with E-state index in [1.807, 2.05) is 0 Å². The molecule has 3 aromatic rings. The van der Waals surface area contributed by atoms with Crippen molar-refractivity contribution in [2.75, 3.05) is 12.4 Å². The first-order chi connectivity index (χ1) is 12.8. The molecule has 1 amide bonds. The van der Waals surface area contributed by atoms with Crippen LogP contribution in [0.15, 0.2) is 42.5 Å². The Morgan fingerprint density at radius 2 is 2.00 bits per heavy atom. The van der Waals surface area contributed by atoms with Crippen LogP contribution in [0.4, 0.5) is 10.1 Å². The number of methoxy groups -OCH3 is 1. The van der Waals surface area contributed by atoms with Crippen molar-refractivity contribution in [2.45, 2.75) is 12.4 Å². The lowest BCUT2D eigenvalue weighted by Crippen LogP contribution is -2.15. The number of hydrogen-bond donors (Lipinski definition) is 2. The molecular weight excluding hydrogens is 391 g/mol. The molecule has 3 rings (SSSR count). The first kappa shape index (κ1) is 19.4. The standard InChI is InChI=1S/C18H17FN2O4S2/c1-25-9-13-16-14(19)6-3-7-15(16)26-17(13)18(22)21-12-5-2-4-11(8-12)10-27(20,23)24/h2-8H,9-10H2,1H3,(H,21,22)(H2,20,23,24). The maximum absolute atomic E-state index is 14.2. The van der Waals surface area contributed by atoms with Gasteiger partial charge in [0.25, 0.3) is 5.91 Å². The molecule has 0 saturated carbocycles. The molecule has 9 heteroatoms. The van der Waals surface area contributed by atoms with Gasteiger partial charge in [-0.1, -0.05) is 18.2 Å². The van der Waals surface area contributed by atoms with Gasteiger partial charge in [-0.25, -0.2) is 17.9 Å². The van der Waals surface area contributed by atoms with Crippen LogP contribution in [0.5, 0.6) is 0 Å². The van der Waals surface area contributed by atoms with Crippen LogP contribution in [0.1, 0.15) is 20.8 Å². The zero-order valence-electron chi connectivity index (χ0n) is 14.4. The third-order valence-corrected chi connectivity index (χ3v) is 5.74. The minimum Gasteiger partial charge on any atom is -0.380 e. The van der Waals surface area contributed by atoms with E-state index in [-0.39, 0.29) is 12.4 Å². The first-order valence-corrected chi connectivity index (χ1v) is 10.4. The van der Waals surface area contributed by atoms with Crippen molar-refractivity contribution in [2.24, 2.45) is 5.14 Å². The van der Waals surface area contributed by atoms with Gasteiger partial charge in [0.05, 0.1) is 17.2 Å². The number of benzene rings is 2. The molecule has 0 bridgehead atoms. The molecule has 1 aromatic heterocycles. The van der Waals surface area contributed by atoms with Crippen LogP contribution >= 0.6 is 11.3 Å². The van der Waals surface area contributed by atoms with E-state index in [0.717, 1.165) is 0 Å². The van der Waals surface area contributed by atoms with Gasteiger partial charge in [0.15, 0.2) is 0 Å². The Bertz CT molecular complexity index is 1110. The summed E-state index contributed by atoms with van der Waals surface area (Å²) in [6.45, 7) is 0.0924. The molecule has 6 nitrogen and oxygen atoms in total. The predicted octanol–water partition coefficient (Wildman–Crippen LogP) is 3.23. The number of primary sulfonamides is 1.